The molecule has 1 nitrogen and oxygen atoms in total. The summed E-state index contributed by atoms with van der Waals surface area (Å²) in [6.07, 6.45) is 2.71. The molecular weight excluding hydrogens is 319 g/mol. The van der Waals surface area contributed by atoms with Crippen LogP contribution in [0.25, 0.3) is 0 Å². The Kier molecular flexibility index (Phi) is 4.22. The maximum atomic E-state index is 13.7. The van der Waals surface area contributed by atoms with Crippen molar-refractivity contribution in [2.45, 2.75) is 44.6 Å². The van der Waals surface area contributed by atoms with E-state index in [4.69, 9.17) is 16.3 Å². The van der Waals surface area contributed by atoms with Gasteiger partial charge in [0.2, 0.25) is 0 Å². The first-order valence-electron chi connectivity index (χ1n) is 6.29. The fourth-order valence-corrected chi connectivity index (χ4v) is 3.68. The third-order valence-electron chi connectivity index (χ3n) is 4.17. The summed E-state index contributed by atoms with van der Waals surface area (Å²) in [6, 6.07) is 4.75. The molecule has 1 saturated carbocycles. The van der Waals surface area contributed by atoms with Crippen molar-refractivity contribution in [1.29, 1.82) is 0 Å². The summed E-state index contributed by atoms with van der Waals surface area (Å²) in [7, 11) is 0. The normalized spacial score (nSPS) is 25.6. The highest BCUT2D eigenvalue weighted by Crippen LogP contribution is 2.52. The molecule has 0 heterocycles. The highest BCUT2D eigenvalue weighted by molar-refractivity contribution is 9.10. The van der Waals surface area contributed by atoms with Gasteiger partial charge in [0.1, 0.15) is 6.10 Å². The number of hydrogen-bond donors (Lipinski definition) is 0. The van der Waals surface area contributed by atoms with Crippen LogP contribution in [0.5, 0.6) is 5.75 Å². The summed E-state index contributed by atoms with van der Waals surface area (Å²) in [5, 5.41) is 0.132. The maximum absolute atomic E-state index is 13.7. The molecule has 0 radical (unpaired) electrons. The maximum Gasteiger partial charge on any atom is 0.165 e. The van der Waals surface area contributed by atoms with Crippen molar-refractivity contribution in [3.8, 4) is 5.75 Å². The number of alkyl halides is 1. The third kappa shape index (κ3) is 2.27. The lowest BCUT2D eigenvalue weighted by molar-refractivity contribution is -0.0480. The average Bonchev–Trinajstić information content (AvgIpc) is 2.35. The van der Waals surface area contributed by atoms with Crippen molar-refractivity contribution in [3.63, 3.8) is 0 Å². The predicted molar refractivity (Wildman–Crippen MR) is 75.8 cm³/mol. The Hall–Kier alpha value is -0.280. The third-order valence-corrected chi connectivity index (χ3v) is 5.27. The van der Waals surface area contributed by atoms with Gasteiger partial charge in [0.25, 0.3) is 0 Å². The summed E-state index contributed by atoms with van der Waals surface area (Å²) in [5.41, 5.74) is -0.0175. The van der Waals surface area contributed by atoms with Crippen molar-refractivity contribution in [3.05, 3.63) is 28.5 Å². The van der Waals surface area contributed by atoms with Crippen LogP contribution >= 0.6 is 27.5 Å². The first-order chi connectivity index (χ1) is 8.53. The molecule has 1 fully saturated rings. The van der Waals surface area contributed by atoms with Gasteiger partial charge in [-0.1, -0.05) is 29.8 Å². The molecule has 0 aliphatic heterocycles. The lowest BCUT2D eigenvalue weighted by Crippen LogP contribution is -2.56. The Morgan fingerprint density at radius 2 is 2.11 bits per heavy atom. The van der Waals surface area contributed by atoms with Crippen molar-refractivity contribution >= 4 is 27.5 Å². The van der Waals surface area contributed by atoms with E-state index in [1.165, 1.54) is 6.07 Å². The van der Waals surface area contributed by atoms with Crippen LogP contribution in [0.2, 0.25) is 0 Å². The van der Waals surface area contributed by atoms with Crippen LogP contribution in [0, 0.1) is 11.2 Å². The largest absolute Gasteiger partial charge is 0.487 e. The van der Waals surface area contributed by atoms with E-state index in [1.807, 2.05) is 0 Å². The average molecular weight is 336 g/mol. The molecule has 2 atom stereocenters. The number of hydrogen-bond acceptors (Lipinski definition) is 1. The van der Waals surface area contributed by atoms with E-state index in [0.717, 1.165) is 23.7 Å². The minimum Gasteiger partial charge on any atom is -0.487 e. The Labute approximate surface area is 121 Å². The minimum absolute atomic E-state index is 0.0128. The van der Waals surface area contributed by atoms with E-state index in [-0.39, 0.29) is 22.7 Å². The number of benzene rings is 1. The number of halogens is 3. The SMILES string of the molecule is CCC1(CC)C(Cl)CC1Oc1cc(Br)ccc1F. The summed E-state index contributed by atoms with van der Waals surface area (Å²) in [6.45, 7) is 4.23. The van der Waals surface area contributed by atoms with Gasteiger partial charge in [-0.2, -0.15) is 0 Å². The smallest absolute Gasteiger partial charge is 0.165 e. The Balaban J connectivity index is 2.17. The summed E-state index contributed by atoms with van der Waals surface area (Å²) < 4.78 is 20.3. The van der Waals surface area contributed by atoms with E-state index in [2.05, 4.69) is 29.8 Å². The van der Waals surface area contributed by atoms with Gasteiger partial charge in [0.15, 0.2) is 11.6 Å². The molecular formula is C14H17BrClFO. The lowest BCUT2D eigenvalue weighted by atomic mass is 9.62. The molecule has 100 valence electrons. The van der Waals surface area contributed by atoms with Gasteiger partial charge in [0, 0.05) is 21.7 Å². The molecule has 1 aromatic rings. The van der Waals surface area contributed by atoms with Crippen molar-refractivity contribution < 1.29 is 9.13 Å². The molecule has 0 N–H and O–H groups in total. The van der Waals surface area contributed by atoms with Gasteiger partial charge < -0.3 is 4.74 Å². The van der Waals surface area contributed by atoms with Gasteiger partial charge in [-0.15, -0.1) is 11.6 Å². The van der Waals surface area contributed by atoms with Crippen LogP contribution in [-0.4, -0.2) is 11.5 Å². The fourth-order valence-electron chi connectivity index (χ4n) is 2.73. The van der Waals surface area contributed by atoms with Crippen LogP contribution in [0.15, 0.2) is 22.7 Å². The summed E-state index contributed by atoms with van der Waals surface area (Å²) in [5.74, 6) is -0.0125. The highest BCUT2D eigenvalue weighted by atomic mass is 79.9. The second-order valence-corrected chi connectivity index (χ2v) is 6.27. The van der Waals surface area contributed by atoms with E-state index in [0.29, 0.717) is 5.75 Å². The quantitative estimate of drug-likeness (QED) is 0.691. The van der Waals surface area contributed by atoms with Gasteiger partial charge in [-0.3, -0.25) is 0 Å². The Morgan fingerprint density at radius 3 is 2.67 bits per heavy atom. The molecule has 1 aliphatic carbocycles. The molecule has 0 bridgehead atoms. The molecule has 4 heteroatoms. The Morgan fingerprint density at radius 1 is 1.44 bits per heavy atom. The summed E-state index contributed by atoms with van der Waals surface area (Å²) >= 11 is 9.65. The van der Waals surface area contributed by atoms with Crippen LogP contribution in [0.4, 0.5) is 4.39 Å². The van der Waals surface area contributed by atoms with Crippen LogP contribution in [-0.2, 0) is 0 Å². The molecule has 18 heavy (non-hydrogen) atoms. The zero-order valence-electron chi connectivity index (χ0n) is 10.6. The highest BCUT2D eigenvalue weighted by Gasteiger charge is 2.53. The number of rotatable bonds is 4. The topological polar surface area (TPSA) is 9.23 Å². The first kappa shape index (κ1) is 14.1. The van der Waals surface area contributed by atoms with E-state index < -0.39 is 0 Å². The van der Waals surface area contributed by atoms with Gasteiger partial charge in [-0.05, 0) is 31.0 Å². The fraction of sp³-hybridized carbons (Fsp3) is 0.571. The monoisotopic (exact) mass is 334 g/mol. The molecule has 1 aromatic carbocycles. The van der Waals surface area contributed by atoms with Gasteiger partial charge in [-0.25, -0.2) is 4.39 Å². The van der Waals surface area contributed by atoms with E-state index >= 15 is 0 Å². The molecule has 0 amide bonds. The van der Waals surface area contributed by atoms with Gasteiger partial charge in [0.05, 0.1) is 0 Å². The van der Waals surface area contributed by atoms with Crippen molar-refractivity contribution in [2.24, 2.45) is 5.41 Å². The van der Waals surface area contributed by atoms with E-state index in [9.17, 15) is 4.39 Å². The van der Waals surface area contributed by atoms with Crippen LogP contribution in [0.3, 0.4) is 0 Å². The lowest BCUT2D eigenvalue weighted by Gasteiger charge is -2.52. The molecule has 0 aromatic heterocycles. The predicted octanol–water partition coefficient (Wildman–Crippen LogP) is 5.15. The zero-order chi connectivity index (χ0) is 13.3. The standard InChI is InChI=1S/C14H17BrClFO/c1-3-14(4-2)12(16)8-13(14)18-11-7-9(15)5-6-10(11)17/h5-7,12-13H,3-4,8H2,1-2H3. The molecule has 1 aliphatic rings. The number of ether oxygens (including phenoxy) is 1. The van der Waals surface area contributed by atoms with E-state index in [1.54, 1.807) is 12.1 Å². The van der Waals surface area contributed by atoms with Gasteiger partial charge >= 0.3 is 0 Å². The first-order valence-corrected chi connectivity index (χ1v) is 7.52. The Bertz CT molecular complexity index is 434. The van der Waals surface area contributed by atoms with Crippen LogP contribution < -0.4 is 4.74 Å². The molecule has 2 rings (SSSR count). The second-order valence-electron chi connectivity index (χ2n) is 4.82. The molecule has 0 saturated heterocycles. The molecule has 2 unspecified atom stereocenters. The summed E-state index contributed by atoms with van der Waals surface area (Å²) in [4.78, 5) is 0. The van der Waals surface area contributed by atoms with Crippen LogP contribution in [0.1, 0.15) is 33.1 Å². The second kappa shape index (κ2) is 5.38. The van der Waals surface area contributed by atoms with Crippen molar-refractivity contribution in [1.82, 2.24) is 0 Å². The molecule has 0 spiro atoms. The zero-order valence-corrected chi connectivity index (χ0v) is 12.9. The van der Waals surface area contributed by atoms with Crippen molar-refractivity contribution in [2.75, 3.05) is 0 Å². The minimum atomic E-state index is -0.322.